The predicted molar refractivity (Wildman–Crippen MR) is 93.4 cm³/mol. The van der Waals surface area contributed by atoms with Crippen LogP contribution in [0.3, 0.4) is 0 Å². The maximum absolute atomic E-state index is 12.2. The monoisotopic (exact) mass is 332 g/mol. The van der Waals surface area contributed by atoms with Gasteiger partial charge in [-0.25, -0.2) is 0 Å². The van der Waals surface area contributed by atoms with Crippen molar-refractivity contribution < 1.29 is 14.3 Å². The summed E-state index contributed by atoms with van der Waals surface area (Å²) in [6, 6.07) is 9.99. The molecule has 0 radical (unpaired) electrons. The Morgan fingerprint density at radius 2 is 2.08 bits per heavy atom. The average molecular weight is 332 g/mol. The summed E-state index contributed by atoms with van der Waals surface area (Å²) in [5, 5.41) is 2.95. The van der Waals surface area contributed by atoms with Crippen molar-refractivity contribution >= 4 is 11.8 Å². The van der Waals surface area contributed by atoms with Gasteiger partial charge >= 0.3 is 0 Å². The number of nitrogens with zero attached hydrogens (tertiary/aromatic N) is 1. The topological polar surface area (TPSA) is 58.6 Å². The van der Waals surface area contributed by atoms with E-state index in [9.17, 15) is 9.59 Å². The maximum atomic E-state index is 12.2. The van der Waals surface area contributed by atoms with Gasteiger partial charge in [0.05, 0.1) is 6.04 Å². The zero-order valence-corrected chi connectivity index (χ0v) is 14.8. The molecule has 3 unspecified atom stereocenters. The number of hydrogen-bond donors (Lipinski definition) is 1. The molecule has 5 nitrogen and oxygen atoms in total. The fourth-order valence-electron chi connectivity index (χ4n) is 3.14. The first-order chi connectivity index (χ1) is 11.5. The van der Waals surface area contributed by atoms with Gasteiger partial charge in [0.25, 0.3) is 0 Å². The van der Waals surface area contributed by atoms with Gasteiger partial charge in [0.15, 0.2) is 0 Å². The maximum Gasteiger partial charge on any atom is 0.248 e. The van der Waals surface area contributed by atoms with Crippen molar-refractivity contribution in [2.24, 2.45) is 5.92 Å². The van der Waals surface area contributed by atoms with Crippen LogP contribution in [-0.4, -0.2) is 43.0 Å². The minimum absolute atomic E-state index is 0.00955. The lowest BCUT2D eigenvalue weighted by Gasteiger charge is -2.26. The minimum atomic E-state index is -0.457. The summed E-state index contributed by atoms with van der Waals surface area (Å²) < 4.78 is 5.52. The van der Waals surface area contributed by atoms with Crippen LogP contribution in [0.5, 0.6) is 0 Å². The normalized spacial score (nSPS) is 21.8. The average Bonchev–Trinajstić information content (AvgIpc) is 2.88. The van der Waals surface area contributed by atoms with Gasteiger partial charge in [-0.2, -0.15) is 0 Å². The van der Waals surface area contributed by atoms with Crippen LogP contribution < -0.4 is 5.32 Å². The molecule has 132 valence electrons. The van der Waals surface area contributed by atoms with Crippen molar-refractivity contribution in [1.82, 2.24) is 10.2 Å². The molecule has 1 aromatic carbocycles. The molecule has 2 rings (SSSR count). The van der Waals surface area contributed by atoms with E-state index in [1.54, 1.807) is 11.8 Å². The molecule has 0 spiro atoms. The molecule has 0 bridgehead atoms. The Bertz CT molecular complexity index is 547. The third-order valence-electron chi connectivity index (χ3n) is 4.61. The van der Waals surface area contributed by atoms with E-state index >= 15 is 0 Å². The van der Waals surface area contributed by atoms with Crippen LogP contribution in [0.25, 0.3) is 0 Å². The van der Waals surface area contributed by atoms with Crippen LogP contribution in [0.2, 0.25) is 0 Å². The molecule has 1 aliphatic heterocycles. The Kier molecular flexibility index (Phi) is 6.79. The van der Waals surface area contributed by atoms with Gasteiger partial charge in [0.2, 0.25) is 11.8 Å². The van der Waals surface area contributed by atoms with Gasteiger partial charge in [-0.15, -0.1) is 0 Å². The molecule has 0 aliphatic carbocycles. The molecule has 0 saturated carbocycles. The van der Waals surface area contributed by atoms with E-state index in [0.29, 0.717) is 19.6 Å². The Balaban J connectivity index is 1.93. The van der Waals surface area contributed by atoms with Gasteiger partial charge < -0.3 is 15.0 Å². The van der Waals surface area contributed by atoms with Gasteiger partial charge in [-0.3, -0.25) is 9.59 Å². The number of benzene rings is 1. The third-order valence-corrected chi connectivity index (χ3v) is 4.61. The number of carbonyl (C=O) groups excluding carboxylic acids is 2. The lowest BCUT2D eigenvalue weighted by atomic mass is 9.93. The van der Waals surface area contributed by atoms with E-state index in [1.165, 1.54) is 0 Å². The summed E-state index contributed by atoms with van der Waals surface area (Å²) in [5.74, 6) is 0.0898. The van der Waals surface area contributed by atoms with Gasteiger partial charge in [0, 0.05) is 32.5 Å². The number of carbonyl (C=O) groups is 2. The van der Waals surface area contributed by atoms with E-state index < -0.39 is 6.10 Å². The second-order valence-electron chi connectivity index (χ2n) is 6.44. The molecule has 2 amide bonds. The highest BCUT2D eigenvalue weighted by Crippen LogP contribution is 2.36. The molecule has 1 fully saturated rings. The van der Waals surface area contributed by atoms with Crippen LogP contribution in [0.1, 0.15) is 44.7 Å². The van der Waals surface area contributed by atoms with Gasteiger partial charge in [-0.1, -0.05) is 43.7 Å². The molecule has 0 aromatic heterocycles. The lowest BCUT2D eigenvalue weighted by molar-refractivity contribution is -0.132. The highest BCUT2D eigenvalue weighted by atomic mass is 16.5. The minimum Gasteiger partial charge on any atom is -0.369 e. The highest BCUT2D eigenvalue weighted by molar-refractivity contribution is 5.81. The van der Waals surface area contributed by atoms with Crippen LogP contribution in [-0.2, 0) is 14.3 Å². The fraction of sp³-hybridized carbons (Fsp3) is 0.579. The Morgan fingerprint density at radius 1 is 1.38 bits per heavy atom. The Morgan fingerprint density at radius 3 is 2.75 bits per heavy atom. The third kappa shape index (κ3) is 4.57. The first-order valence-corrected chi connectivity index (χ1v) is 8.74. The van der Waals surface area contributed by atoms with Crippen molar-refractivity contribution in [1.29, 1.82) is 0 Å². The molecule has 5 heteroatoms. The van der Waals surface area contributed by atoms with Crippen molar-refractivity contribution in [2.75, 3.05) is 20.2 Å². The number of ether oxygens (including phenoxy) is 1. The second-order valence-corrected chi connectivity index (χ2v) is 6.44. The van der Waals surface area contributed by atoms with Crippen LogP contribution in [0.4, 0.5) is 0 Å². The molecule has 1 saturated heterocycles. The molecule has 3 atom stereocenters. The van der Waals surface area contributed by atoms with E-state index in [4.69, 9.17) is 4.74 Å². The van der Waals surface area contributed by atoms with Gasteiger partial charge in [-0.05, 0) is 18.9 Å². The van der Waals surface area contributed by atoms with E-state index in [-0.39, 0.29) is 23.8 Å². The largest absolute Gasteiger partial charge is 0.369 e. The van der Waals surface area contributed by atoms with E-state index in [0.717, 1.165) is 18.4 Å². The number of unbranched alkanes of at least 4 members (excludes halogenated alkanes) is 1. The summed E-state index contributed by atoms with van der Waals surface area (Å²) in [4.78, 5) is 26.1. The van der Waals surface area contributed by atoms with Crippen molar-refractivity contribution in [3.05, 3.63) is 35.9 Å². The van der Waals surface area contributed by atoms with Crippen molar-refractivity contribution in [2.45, 2.75) is 45.3 Å². The summed E-state index contributed by atoms with van der Waals surface area (Å²) in [7, 11) is 1.83. The molecule has 1 aromatic rings. The summed E-state index contributed by atoms with van der Waals surface area (Å²) >= 11 is 0. The summed E-state index contributed by atoms with van der Waals surface area (Å²) in [6.07, 6.45) is 2.00. The quantitative estimate of drug-likeness (QED) is 0.744. The molecular weight excluding hydrogens is 304 g/mol. The predicted octanol–water partition coefficient (Wildman–Crippen LogP) is 2.53. The lowest BCUT2D eigenvalue weighted by Crippen LogP contribution is -2.38. The van der Waals surface area contributed by atoms with Crippen LogP contribution in [0.15, 0.2) is 30.3 Å². The molecular formula is C19H28N2O3. The first-order valence-electron chi connectivity index (χ1n) is 8.74. The van der Waals surface area contributed by atoms with Crippen molar-refractivity contribution in [3.8, 4) is 0 Å². The zero-order valence-electron chi connectivity index (χ0n) is 14.8. The smallest absolute Gasteiger partial charge is 0.248 e. The number of amides is 2. The second kappa shape index (κ2) is 8.83. The van der Waals surface area contributed by atoms with Crippen molar-refractivity contribution in [3.63, 3.8) is 0 Å². The number of nitrogens with one attached hydrogen (secondary N) is 1. The highest BCUT2D eigenvalue weighted by Gasteiger charge is 2.38. The first kappa shape index (κ1) is 18.5. The SMILES string of the molecule is CCCCOC(C)C(=O)NCC1CC(=O)N(C)C1c1ccccc1. The van der Waals surface area contributed by atoms with E-state index in [2.05, 4.69) is 12.2 Å². The molecule has 1 N–H and O–H groups in total. The van der Waals surface area contributed by atoms with E-state index in [1.807, 2.05) is 37.4 Å². The Hall–Kier alpha value is -1.88. The number of likely N-dealkylation sites (tertiary alicyclic amines) is 1. The Labute approximate surface area is 144 Å². The van der Waals surface area contributed by atoms with Crippen LogP contribution in [0, 0.1) is 5.92 Å². The summed E-state index contributed by atoms with van der Waals surface area (Å²) in [6.45, 7) is 4.94. The molecule has 24 heavy (non-hydrogen) atoms. The van der Waals surface area contributed by atoms with Gasteiger partial charge in [0.1, 0.15) is 6.10 Å². The zero-order chi connectivity index (χ0) is 17.5. The number of hydrogen-bond acceptors (Lipinski definition) is 3. The molecule has 1 heterocycles. The van der Waals surface area contributed by atoms with Crippen LogP contribution >= 0.6 is 0 Å². The fourth-order valence-corrected chi connectivity index (χ4v) is 3.14. The standard InChI is InChI=1S/C19H28N2O3/c1-4-5-11-24-14(2)19(23)20-13-16-12-17(22)21(3)18(16)15-9-7-6-8-10-15/h6-10,14,16,18H,4-5,11-13H2,1-3H3,(H,20,23). The molecule has 1 aliphatic rings. The number of rotatable bonds is 8. The summed E-state index contributed by atoms with van der Waals surface area (Å²) in [5.41, 5.74) is 1.11.